The van der Waals surface area contributed by atoms with Gasteiger partial charge in [0.2, 0.25) is 0 Å². The van der Waals surface area contributed by atoms with Crippen LogP contribution in [0.15, 0.2) is 30.6 Å². The molecule has 0 unspecified atom stereocenters. The molecular formula is C28H34F4N6O2. The van der Waals surface area contributed by atoms with Gasteiger partial charge in [-0.3, -0.25) is 4.79 Å². The first kappa shape index (κ1) is 28.4. The van der Waals surface area contributed by atoms with Gasteiger partial charge in [0.05, 0.1) is 17.0 Å². The number of aromatic nitrogens is 3. The Morgan fingerprint density at radius 3 is 2.45 bits per heavy atom. The molecule has 5 rings (SSSR count). The standard InChI is InChI=1S/C28H34F4N6O2/c1-27(2,40)23-21(36-26(39)19-4-3-5-22(34-19)28(30,31)32)16-38-15-20(35-25(38)24(23)29)18-8-12-37(13-9-18)14-17-6-10-33-11-7-17/h3-5,15-18,33,40H,6-14H2,1-2H3,(H,36,39). The van der Waals surface area contributed by atoms with Crippen LogP contribution < -0.4 is 10.6 Å². The molecule has 12 heteroatoms. The average molecular weight is 563 g/mol. The van der Waals surface area contributed by atoms with Gasteiger partial charge in [0, 0.05) is 30.4 Å². The average Bonchev–Trinajstić information content (AvgIpc) is 3.33. The molecular weight excluding hydrogens is 528 g/mol. The quantitative estimate of drug-likeness (QED) is 0.382. The highest BCUT2D eigenvalue weighted by Crippen LogP contribution is 2.35. The van der Waals surface area contributed by atoms with Gasteiger partial charge >= 0.3 is 6.18 Å². The van der Waals surface area contributed by atoms with E-state index in [0.717, 1.165) is 69.5 Å². The van der Waals surface area contributed by atoms with Crippen LogP contribution in [0.1, 0.15) is 72.9 Å². The number of hydrogen-bond acceptors (Lipinski definition) is 6. The summed E-state index contributed by atoms with van der Waals surface area (Å²) in [4.78, 5) is 23.3. The molecule has 0 radical (unpaired) electrons. The second kappa shape index (κ2) is 11.1. The summed E-state index contributed by atoms with van der Waals surface area (Å²) in [5.41, 5.74) is -2.98. The number of halogens is 4. The lowest BCUT2D eigenvalue weighted by Crippen LogP contribution is -2.39. The SMILES string of the molecule is CC(C)(O)c1c(NC(=O)c2cccc(C(F)(F)F)n2)cn2cc(C3CCN(CC4CCNCC4)CC3)nc2c1F. The maximum Gasteiger partial charge on any atom is 0.433 e. The van der Waals surface area contributed by atoms with Crippen LogP contribution in [0.3, 0.4) is 0 Å². The van der Waals surface area contributed by atoms with E-state index in [1.54, 1.807) is 6.20 Å². The number of fused-ring (bicyclic) bond motifs is 1. The second-order valence-corrected chi connectivity index (χ2v) is 11.3. The molecule has 5 heterocycles. The topological polar surface area (TPSA) is 94.8 Å². The number of hydrogen-bond donors (Lipinski definition) is 3. The second-order valence-electron chi connectivity index (χ2n) is 11.3. The van der Waals surface area contributed by atoms with Gasteiger partial charge in [-0.25, -0.2) is 14.4 Å². The first-order chi connectivity index (χ1) is 18.9. The molecule has 40 heavy (non-hydrogen) atoms. The van der Waals surface area contributed by atoms with E-state index in [-0.39, 0.29) is 22.8 Å². The minimum absolute atomic E-state index is 0.0134. The van der Waals surface area contributed by atoms with Crippen molar-refractivity contribution in [2.24, 2.45) is 5.92 Å². The molecule has 3 aromatic heterocycles. The van der Waals surface area contributed by atoms with Crippen LogP contribution in [-0.2, 0) is 11.8 Å². The Hall–Kier alpha value is -3.09. The molecule has 3 aromatic rings. The predicted molar refractivity (Wildman–Crippen MR) is 142 cm³/mol. The number of amides is 1. The maximum absolute atomic E-state index is 15.8. The zero-order valence-corrected chi connectivity index (χ0v) is 22.6. The molecule has 0 saturated carbocycles. The Morgan fingerprint density at radius 1 is 1.10 bits per heavy atom. The Morgan fingerprint density at radius 2 is 1.80 bits per heavy atom. The van der Waals surface area contributed by atoms with Gasteiger partial charge in [0.1, 0.15) is 11.4 Å². The minimum atomic E-state index is -4.73. The lowest BCUT2D eigenvalue weighted by molar-refractivity contribution is -0.141. The van der Waals surface area contributed by atoms with Crippen molar-refractivity contribution in [2.75, 3.05) is 38.0 Å². The fourth-order valence-electron chi connectivity index (χ4n) is 5.74. The van der Waals surface area contributed by atoms with E-state index in [9.17, 15) is 23.1 Å². The van der Waals surface area contributed by atoms with Crippen LogP contribution >= 0.6 is 0 Å². The number of carbonyl (C=O) groups is 1. The summed E-state index contributed by atoms with van der Waals surface area (Å²) in [7, 11) is 0. The van der Waals surface area contributed by atoms with Crippen molar-refractivity contribution in [1.29, 1.82) is 0 Å². The molecule has 2 saturated heterocycles. The number of anilines is 1. The number of pyridine rings is 2. The van der Waals surface area contributed by atoms with Crippen molar-refractivity contribution < 1.29 is 27.5 Å². The van der Waals surface area contributed by atoms with Gasteiger partial charge in [-0.2, -0.15) is 13.2 Å². The highest BCUT2D eigenvalue weighted by Gasteiger charge is 2.34. The van der Waals surface area contributed by atoms with Crippen molar-refractivity contribution in [1.82, 2.24) is 24.6 Å². The van der Waals surface area contributed by atoms with Crippen LogP contribution in [0.5, 0.6) is 0 Å². The Kier molecular flexibility index (Phi) is 7.86. The smallest absolute Gasteiger partial charge is 0.386 e. The molecule has 0 spiro atoms. The summed E-state index contributed by atoms with van der Waals surface area (Å²) in [6, 6.07) is 2.97. The molecule has 8 nitrogen and oxygen atoms in total. The van der Waals surface area contributed by atoms with Gasteiger partial charge in [-0.05, 0) is 83.8 Å². The summed E-state index contributed by atoms with van der Waals surface area (Å²) >= 11 is 0. The van der Waals surface area contributed by atoms with E-state index in [0.29, 0.717) is 5.92 Å². The molecule has 0 bridgehead atoms. The number of imidazole rings is 1. The zero-order chi connectivity index (χ0) is 28.7. The van der Waals surface area contributed by atoms with Crippen molar-refractivity contribution >= 4 is 17.2 Å². The lowest BCUT2D eigenvalue weighted by atomic mass is 9.92. The van der Waals surface area contributed by atoms with E-state index in [1.165, 1.54) is 37.3 Å². The fraction of sp³-hybridized carbons (Fsp3) is 0.536. The minimum Gasteiger partial charge on any atom is -0.386 e. The van der Waals surface area contributed by atoms with Gasteiger partial charge in [0.15, 0.2) is 11.5 Å². The van der Waals surface area contributed by atoms with Gasteiger partial charge in [0.25, 0.3) is 5.91 Å². The number of nitrogens with one attached hydrogen (secondary N) is 2. The van der Waals surface area contributed by atoms with E-state index >= 15 is 4.39 Å². The molecule has 2 aliphatic heterocycles. The number of nitrogens with zero attached hydrogens (tertiary/aromatic N) is 4. The summed E-state index contributed by atoms with van der Waals surface area (Å²) < 4.78 is 56.6. The first-order valence-corrected chi connectivity index (χ1v) is 13.6. The molecule has 216 valence electrons. The van der Waals surface area contributed by atoms with E-state index < -0.39 is 34.9 Å². The monoisotopic (exact) mass is 562 g/mol. The number of rotatable bonds is 6. The number of alkyl halides is 3. The third-order valence-corrected chi connectivity index (χ3v) is 7.82. The number of carbonyl (C=O) groups excluding carboxylic acids is 1. The molecule has 1 amide bonds. The Bertz CT molecular complexity index is 1370. The van der Waals surface area contributed by atoms with Crippen molar-refractivity contribution in [3.05, 3.63) is 59.1 Å². The Balaban J connectivity index is 1.38. The van der Waals surface area contributed by atoms with Crippen LogP contribution in [-0.4, -0.2) is 63.0 Å². The predicted octanol–water partition coefficient (Wildman–Crippen LogP) is 4.55. The molecule has 2 aliphatic rings. The zero-order valence-electron chi connectivity index (χ0n) is 22.6. The highest BCUT2D eigenvalue weighted by atomic mass is 19.4. The summed E-state index contributed by atoms with van der Waals surface area (Å²) in [6.07, 6.45) is 2.59. The molecule has 2 fully saturated rings. The van der Waals surface area contributed by atoms with Crippen molar-refractivity contribution in [2.45, 2.75) is 57.2 Å². The number of aliphatic hydroxyl groups is 1. The molecule has 0 atom stereocenters. The van der Waals surface area contributed by atoms with Crippen LogP contribution in [0, 0.1) is 11.7 Å². The fourth-order valence-corrected chi connectivity index (χ4v) is 5.74. The van der Waals surface area contributed by atoms with Gasteiger partial charge in [-0.15, -0.1) is 0 Å². The number of likely N-dealkylation sites (tertiary alicyclic amines) is 1. The summed E-state index contributed by atoms with van der Waals surface area (Å²) in [5, 5.41) is 16.6. The molecule has 3 N–H and O–H groups in total. The summed E-state index contributed by atoms with van der Waals surface area (Å²) in [6.45, 7) is 7.83. The van der Waals surface area contributed by atoms with E-state index in [2.05, 4.69) is 25.5 Å². The van der Waals surface area contributed by atoms with Crippen LogP contribution in [0.2, 0.25) is 0 Å². The van der Waals surface area contributed by atoms with Gasteiger partial charge in [-0.1, -0.05) is 6.07 Å². The first-order valence-electron chi connectivity index (χ1n) is 13.6. The largest absolute Gasteiger partial charge is 0.433 e. The van der Waals surface area contributed by atoms with Gasteiger partial charge < -0.3 is 25.0 Å². The number of piperidine rings is 2. The third kappa shape index (κ3) is 6.13. The van der Waals surface area contributed by atoms with Crippen molar-refractivity contribution in [3.8, 4) is 0 Å². The molecule has 0 aromatic carbocycles. The third-order valence-electron chi connectivity index (χ3n) is 7.82. The maximum atomic E-state index is 15.8. The van der Waals surface area contributed by atoms with Crippen LogP contribution in [0.25, 0.3) is 5.65 Å². The van der Waals surface area contributed by atoms with Crippen LogP contribution in [0.4, 0.5) is 23.2 Å². The van der Waals surface area contributed by atoms with E-state index in [4.69, 9.17) is 0 Å². The van der Waals surface area contributed by atoms with Crippen molar-refractivity contribution in [3.63, 3.8) is 0 Å². The lowest BCUT2D eigenvalue weighted by Gasteiger charge is -2.35. The highest BCUT2D eigenvalue weighted by molar-refractivity contribution is 6.03. The van der Waals surface area contributed by atoms with E-state index in [1.807, 2.05) is 0 Å². The normalized spacial score (nSPS) is 18.4. The molecule has 0 aliphatic carbocycles. The summed E-state index contributed by atoms with van der Waals surface area (Å²) in [5.74, 6) is -0.919. The Labute approximate surface area is 229 Å².